The predicted molar refractivity (Wildman–Crippen MR) is 109 cm³/mol. The van der Waals surface area contributed by atoms with Crippen LogP contribution in [0.3, 0.4) is 0 Å². The van der Waals surface area contributed by atoms with E-state index in [1.807, 2.05) is 54.6 Å². The van der Waals surface area contributed by atoms with Crippen molar-refractivity contribution in [2.24, 2.45) is 4.99 Å². The molecule has 0 saturated heterocycles. The fourth-order valence-corrected chi connectivity index (χ4v) is 3.30. The number of aromatic nitrogens is 1. The molecule has 0 aliphatic rings. The summed E-state index contributed by atoms with van der Waals surface area (Å²) in [4.78, 5) is 9.06. The summed E-state index contributed by atoms with van der Waals surface area (Å²) < 4.78 is 6.30. The highest BCUT2D eigenvalue weighted by Gasteiger charge is 2.18. The smallest absolute Gasteiger partial charge is 0.152 e. The van der Waals surface area contributed by atoms with Gasteiger partial charge in [0.25, 0.3) is 0 Å². The Morgan fingerprint density at radius 1 is 1.00 bits per heavy atom. The number of aliphatic imine (C=N–C) groups is 1. The summed E-state index contributed by atoms with van der Waals surface area (Å²) in [6.45, 7) is 0. The molecular formula is C20H16Br2N2O. The number of halogens is 2. The van der Waals surface area contributed by atoms with Crippen LogP contribution in [0.4, 0.5) is 5.82 Å². The van der Waals surface area contributed by atoms with Crippen LogP contribution in [0.2, 0.25) is 0 Å². The van der Waals surface area contributed by atoms with Crippen molar-refractivity contribution in [3.05, 3.63) is 88.5 Å². The third-order valence-corrected chi connectivity index (χ3v) is 5.16. The van der Waals surface area contributed by atoms with Crippen molar-refractivity contribution in [1.29, 1.82) is 0 Å². The van der Waals surface area contributed by atoms with Crippen molar-refractivity contribution >= 4 is 43.4 Å². The van der Waals surface area contributed by atoms with Gasteiger partial charge in [0.1, 0.15) is 5.75 Å². The third-order valence-electron chi connectivity index (χ3n) is 3.67. The summed E-state index contributed by atoms with van der Waals surface area (Å²) in [5, 5.41) is 0. The Morgan fingerprint density at radius 2 is 1.72 bits per heavy atom. The molecule has 3 nitrogen and oxygen atoms in total. The summed E-state index contributed by atoms with van der Waals surface area (Å²) in [6, 6.07) is 21.8. The van der Waals surface area contributed by atoms with E-state index in [1.54, 1.807) is 13.3 Å². The van der Waals surface area contributed by atoms with Crippen molar-refractivity contribution < 1.29 is 4.74 Å². The molecule has 1 heterocycles. The maximum absolute atomic E-state index is 5.26. The summed E-state index contributed by atoms with van der Waals surface area (Å²) in [5.41, 5.74) is 3.02. The summed E-state index contributed by atoms with van der Waals surface area (Å²) in [5.74, 6) is 1.49. The van der Waals surface area contributed by atoms with Crippen LogP contribution in [0, 0.1) is 0 Å². The Bertz CT molecular complexity index is 847. The predicted octanol–water partition coefficient (Wildman–Crippen LogP) is 6.11. The Kier molecular flexibility index (Phi) is 6.00. The molecule has 5 heteroatoms. The fourth-order valence-electron chi connectivity index (χ4n) is 2.36. The molecule has 1 unspecified atom stereocenters. The molecule has 0 radical (unpaired) electrons. The Balaban J connectivity index is 2.04. The maximum Gasteiger partial charge on any atom is 0.152 e. The van der Waals surface area contributed by atoms with Gasteiger partial charge in [-0.1, -0.05) is 50.1 Å². The van der Waals surface area contributed by atoms with Crippen LogP contribution >= 0.6 is 31.9 Å². The zero-order valence-electron chi connectivity index (χ0n) is 13.6. The highest BCUT2D eigenvalue weighted by atomic mass is 79.9. The van der Waals surface area contributed by atoms with E-state index in [-0.39, 0.29) is 4.83 Å². The SMILES string of the molecule is COc1ccc(/C(=N\c2ccccn2)C(Br)c2ccc(Br)cc2)cc1. The van der Waals surface area contributed by atoms with Gasteiger partial charge in [0.2, 0.25) is 0 Å². The summed E-state index contributed by atoms with van der Waals surface area (Å²) in [7, 11) is 1.66. The first-order valence-corrected chi connectivity index (χ1v) is 9.42. The number of nitrogens with zero attached hydrogens (tertiary/aromatic N) is 2. The first kappa shape index (κ1) is 17.8. The van der Waals surface area contributed by atoms with Crippen molar-refractivity contribution in [3.8, 4) is 5.75 Å². The first-order valence-electron chi connectivity index (χ1n) is 7.71. The maximum atomic E-state index is 5.26. The molecule has 1 atom stereocenters. The van der Waals surface area contributed by atoms with Gasteiger partial charge in [-0.2, -0.15) is 0 Å². The second-order valence-corrected chi connectivity index (χ2v) is 7.16. The minimum atomic E-state index is -0.0593. The molecule has 3 rings (SSSR count). The van der Waals surface area contributed by atoms with Crippen LogP contribution < -0.4 is 4.74 Å². The Hall–Kier alpha value is -1.98. The lowest BCUT2D eigenvalue weighted by atomic mass is 10.0. The van der Waals surface area contributed by atoms with Gasteiger partial charge in [0.05, 0.1) is 17.6 Å². The molecule has 126 valence electrons. The van der Waals surface area contributed by atoms with E-state index < -0.39 is 0 Å². The van der Waals surface area contributed by atoms with E-state index >= 15 is 0 Å². The zero-order valence-corrected chi connectivity index (χ0v) is 16.7. The van der Waals surface area contributed by atoms with Gasteiger partial charge >= 0.3 is 0 Å². The van der Waals surface area contributed by atoms with Crippen LogP contribution in [-0.2, 0) is 0 Å². The van der Waals surface area contributed by atoms with E-state index in [4.69, 9.17) is 9.73 Å². The standard InChI is InChI=1S/C20H16Br2N2O/c1-25-17-11-7-15(8-12-17)20(24-18-4-2-3-13-23-18)19(22)14-5-9-16(21)10-6-14/h2-13,19H,1H3/b24-20+. The average molecular weight is 460 g/mol. The third kappa shape index (κ3) is 4.55. The van der Waals surface area contributed by atoms with Gasteiger partial charge in [0.15, 0.2) is 5.82 Å². The number of alkyl halides is 1. The van der Waals surface area contributed by atoms with Crippen molar-refractivity contribution in [1.82, 2.24) is 4.98 Å². The molecule has 25 heavy (non-hydrogen) atoms. The number of rotatable bonds is 5. The second kappa shape index (κ2) is 8.41. The number of ether oxygens (including phenoxy) is 1. The fraction of sp³-hybridized carbons (Fsp3) is 0.100. The molecule has 0 bridgehead atoms. The quantitative estimate of drug-likeness (QED) is 0.340. The molecular weight excluding hydrogens is 444 g/mol. The summed E-state index contributed by atoms with van der Waals surface area (Å²) in [6.07, 6.45) is 1.74. The van der Waals surface area contributed by atoms with E-state index in [2.05, 4.69) is 49.0 Å². The van der Waals surface area contributed by atoms with Gasteiger partial charge in [-0.3, -0.25) is 0 Å². The van der Waals surface area contributed by atoms with Crippen molar-refractivity contribution in [3.63, 3.8) is 0 Å². The lowest BCUT2D eigenvalue weighted by Gasteiger charge is -2.15. The Labute approximate surface area is 164 Å². The zero-order chi connectivity index (χ0) is 17.6. The molecule has 1 aromatic heterocycles. The second-order valence-electron chi connectivity index (χ2n) is 5.33. The number of hydrogen-bond acceptors (Lipinski definition) is 3. The molecule has 0 amide bonds. The van der Waals surface area contributed by atoms with Crippen LogP contribution in [-0.4, -0.2) is 17.8 Å². The number of methoxy groups -OCH3 is 1. The molecule has 0 saturated carbocycles. The van der Waals surface area contributed by atoms with Crippen molar-refractivity contribution in [2.75, 3.05) is 7.11 Å². The molecule has 0 N–H and O–H groups in total. The van der Waals surface area contributed by atoms with Crippen LogP contribution in [0.5, 0.6) is 5.75 Å². The highest BCUT2D eigenvalue weighted by molar-refractivity contribution is 9.10. The van der Waals surface area contributed by atoms with E-state index in [0.29, 0.717) is 5.82 Å². The Morgan fingerprint density at radius 3 is 2.32 bits per heavy atom. The molecule has 0 spiro atoms. The molecule has 3 aromatic rings. The largest absolute Gasteiger partial charge is 0.497 e. The van der Waals surface area contributed by atoms with E-state index in [1.165, 1.54) is 0 Å². The summed E-state index contributed by atoms with van der Waals surface area (Å²) >= 11 is 7.28. The van der Waals surface area contributed by atoms with Crippen LogP contribution in [0.1, 0.15) is 16.0 Å². The van der Waals surface area contributed by atoms with E-state index in [9.17, 15) is 0 Å². The minimum absolute atomic E-state index is 0.0593. The molecule has 0 fully saturated rings. The monoisotopic (exact) mass is 458 g/mol. The number of benzene rings is 2. The molecule has 2 aromatic carbocycles. The molecule has 0 aliphatic heterocycles. The highest BCUT2D eigenvalue weighted by Crippen LogP contribution is 2.31. The van der Waals surface area contributed by atoms with Gasteiger partial charge in [0, 0.05) is 10.7 Å². The topological polar surface area (TPSA) is 34.5 Å². The number of pyridine rings is 1. The number of hydrogen-bond donors (Lipinski definition) is 0. The normalized spacial score (nSPS) is 12.7. The van der Waals surface area contributed by atoms with Crippen LogP contribution in [0.15, 0.2) is 82.4 Å². The molecule has 0 aliphatic carbocycles. The minimum Gasteiger partial charge on any atom is -0.497 e. The lowest BCUT2D eigenvalue weighted by Crippen LogP contribution is -2.09. The van der Waals surface area contributed by atoms with Gasteiger partial charge in [-0.15, -0.1) is 0 Å². The average Bonchev–Trinajstić information content (AvgIpc) is 2.67. The van der Waals surface area contributed by atoms with Gasteiger partial charge in [-0.05, 0) is 59.7 Å². The van der Waals surface area contributed by atoms with Crippen molar-refractivity contribution in [2.45, 2.75) is 4.83 Å². The van der Waals surface area contributed by atoms with Gasteiger partial charge in [-0.25, -0.2) is 9.98 Å². The first-order chi connectivity index (χ1) is 12.2. The van der Waals surface area contributed by atoms with E-state index in [0.717, 1.165) is 27.1 Å². The van der Waals surface area contributed by atoms with Crippen LogP contribution in [0.25, 0.3) is 0 Å². The lowest BCUT2D eigenvalue weighted by molar-refractivity contribution is 0.415. The van der Waals surface area contributed by atoms with Gasteiger partial charge < -0.3 is 4.74 Å².